The van der Waals surface area contributed by atoms with Crippen molar-refractivity contribution in [3.05, 3.63) is 121 Å². The third kappa shape index (κ3) is 8.17. The van der Waals surface area contributed by atoms with Crippen LogP contribution in [-0.4, -0.2) is 85.1 Å². The van der Waals surface area contributed by atoms with Gasteiger partial charge in [0.05, 0.1) is 43.0 Å². The molecule has 5 N–H and O–H groups in total. The number of benzene rings is 4. The summed E-state index contributed by atoms with van der Waals surface area (Å²) in [5.74, 6) is 0.733. The molecule has 4 heterocycles. The first-order valence-electron chi connectivity index (χ1n) is 20.7. The van der Waals surface area contributed by atoms with Crippen LogP contribution in [-0.2, 0) is 19.9 Å². The number of fused-ring (bicyclic) bond motifs is 1. The van der Waals surface area contributed by atoms with Crippen LogP contribution < -0.4 is 10.6 Å². The lowest BCUT2D eigenvalue weighted by Gasteiger charge is -2.35. The van der Waals surface area contributed by atoms with E-state index in [-0.39, 0.29) is 29.8 Å². The molecular weight excluding hydrogens is 773 g/mol. The fraction of sp³-hybridized carbons (Fsp3) is 0.319. The highest BCUT2D eigenvalue weighted by Gasteiger charge is 2.45. The molecule has 61 heavy (non-hydrogen) atoms. The molecule has 2 fully saturated rings. The van der Waals surface area contributed by atoms with Crippen molar-refractivity contribution in [1.82, 2.24) is 40.4 Å². The maximum Gasteiger partial charge on any atom is 0.407 e. The number of aromatic amines is 2. The number of hydrogen-bond acceptors (Lipinski definition) is 7. The lowest BCUT2D eigenvalue weighted by Crippen LogP contribution is -2.55. The zero-order chi connectivity index (χ0) is 42.8. The van der Waals surface area contributed by atoms with Gasteiger partial charge in [-0.25, -0.2) is 19.6 Å². The largest absolute Gasteiger partial charge is 0.465 e. The molecule has 14 nitrogen and oxygen atoms in total. The van der Waals surface area contributed by atoms with E-state index in [1.165, 1.54) is 7.11 Å². The first-order chi connectivity index (χ1) is 29.4. The van der Waals surface area contributed by atoms with Gasteiger partial charge in [0, 0.05) is 18.7 Å². The topological polar surface area (TPSA) is 186 Å². The van der Waals surface area contributed by atoms with Crippen LogP contribution in [0.5, 0.6) is 0 Å². The number of amides is 4. The number of nitrogens with one attached hydrogen (secondary N) is 4. The van der Waals surface area contributed by atoms with Gasteiger partial charge in [-0.1, -0.05) is 92.7 Å². The Hall–Kier alpha value is -6.96. The summed E-state index contributed by atoms with van der Waals surface area (Å²) in [7, 11) is 1.28. The molecule has 4 aromatic carbocycles. The highest BCUT2D eigenvalue weighted by atomic mass is 16.5. The number of imidazole rings is 2. The average Bonchev–Trinajstić information content (AvgIpc) is 4.12. The van der Waals surface area contributed by atoms with E-state index in [4.69, 9.17) is 9.72 Å². The molecule has 4 unspecified atom stereocenters. The number of carbonyl (C=O) groups excluding carboxylic acids is 3. The van der Waals surface area contributed by atoms with Gasteiger partial charge in [0.15, 0.2) is 0 Å². The Kier molecular flexibility index (Phi) is 11.3. The maximum absolute atomic E-state index is 14.2. The van der Waals surface area contributed by atoms with Gasteiger partial charge < -0.3 is 40.2 Å². The van der Waals surface area contributed by atoms with Crippen LogP contribution in [0.15, 0.2) is 103 Å². The van der Waals surface area contributed by atoms with Crippen LogP contribution in [0.25, 0.3) is 44.4 Å². The maximum atomic E-state index is 14.2. The quantitative estimate of drug-likeness (QED) is 0.0866. The van der Waals surface area contributed by atoms with Crippen LogP contribution in [0.2, 0.25) is 0 Å². The van der Waals surface area contributed by atoms with E-state index in [9.17, 15) is 24.3 Å². The molecule has 0 radical (unpaired) electrons. The molecule has 14 heteroatoms. The van der Waals surface area contributed by atoms with Gasteiger partial charge in [-0.05, 0) is 83.7 Å². The number of carbonyl (C=O) groups is 4. The third-order valence-corrected chi connectivity index (χ3v) is 12.1. The number of methoxy groups -OCH3 is 1. The Morgan fingerprint density at radius 1 is 0.754 bits per heavy atom. The Labute approximate surface area is 353 Å². The lowest BCUT2D eigenvalue weighted by atomic mass is 9.90. The van der Waals surface area contributed by atoms with Crippen molar-refractivity contribution < 1.29 is 29.0 Å². The van der Waals surface area contributed by atoms with Gasteiger partial charge in [-0.3, -0.25) is 9.59 Å². The summed E-state index contributed by atoms with van der Waals surface area (Å²) in [4.78, 5) is 71.4. The minimum Gasteiger partial charge on any atom is -0.465 e. The monoisotopic (exact) mass is 822 g/mol. The van der Waals surface area contributed by atoms with Gasteiger partial charge in [-0.15, -0.1) is 0 Å². The second-order valence-electron chi connectivity index (χ2n) is 16.3. The molecule has 314 valence electrons. The smallest absolute Gasteiger partial charge is 0.407 e. The number of rotatable bonds is 11. The molecule has 6 aromatic rings. The van der Waals surface area contributed by atoms with Gasteiger partial charge in [0.1, 0.15) is 23.2 Å². The van der Waals surface area contributed by atoms with Crippen LogP contribution in [0, 0.1) is 5.92 Å². The fourth-order valence-corrected chi connectivity index (χ4v) is 8.74. The Balaban J connectivity index is 0.953. The first-order valence-corrected chi connectivity index (χ1v) is 20.7. The molecular formula is C47H50N8O6. The molecule has 2 aliphatic heterocycles. The average molecular weight is 823 g/mol. The molecule has 0 saturated carbocycles. The van der Waals surface area contributed by atoms with E-state index in [2.05, 4.69) is 86.2 Å². The van der Waals surface area contributed by atoms with Crippen molar-refractivity contribution in [2.45, 2.75) is 70.1 Å². The molecule has 0 spiro atoms. The minimum atomic E-state index is -1.33. The van der Waals surface area contributed by atoms with Crippen molar-refractivity contribution in [2.24, 2.45) is 5.92 Å². The molecule has 4 atom stereocenters. The van der Waals surface area contributed by atoms with Gasteiger partial charge in [-0.2, -0.15) is 0 Å². The van der Waals surface area contributed by atoms with E-state index in [1.807, 2.05) is 44.2 Å². The summed E-state index contributed by atoms with van der Waals surface area (Å²) in [6.45, 7) is 6.46. The molecule has 2 aromatic heterocycles. The zero-order valence-corrected chi connectivity index (χ0v) is 34.6. The van der Waals surface area contributed by atoms with Crippen molar-refractivity contribution >= 4 is 34.8 Å². The van der Waals surface area contributed by atoms with Crippen molar-refractivity contribution in [3.8, 4) is 33.6 Å². The number of H-pyrrole nitrogens is 2. The van der Waals surface area contributed by atoms with Crippen LogP contribution in [0.3, 0.4) is 0 Å². The number of carboxylic acid groups (broad SMARTS) is 1. The van der Waals surface area contributed by atoms with Crippen molar-refractivity contribution in [2.75, 3.05) is 20.2 Å². The fourth-order valence-electron chi connectivity index (χ4n) is 8.74. The summed E-state index contributed by atoms with van der Waals surface area (Å²) in [5, 5.41) is 16.7. The number of likely N-dealkylation sites (tertiary alicyclic amines) is 2. The summed E-state index contributed by atoms with van der Waals surface area (Å²) >= 11 is 0. The highest BCUT2D eigenvalue weighted by molar-refractivity contribution is 5.92. The summed E-state index contributed by atoms with van der Waals surface area (Å²) in [5.41, 5.74) is 5.09. The molecule has 0 aliphatic carbocycles. The second kappa shape index (κ2) is 17.0. The third-order valence-electron chi connectivity index (χ3n) is 12.1. The Bertz CT molecular complexity index is 2570. The van der Waals surface area contributed by atoms with E-state index < -0.39 is 23.8 Å². The van der Waals surface area contributed by atoms with Crippen LogP contribution in [0.1, 0.15) is 75.8 Å². The number of alkyl carbamates (subject to hydrolysis) is 1. The zero-order valence-electron chi connectivity index (χ0n) is 34.6. The van der Waals surface area contributed by atoms with Crippen LogP contribution in [0.4, 0.5) is 9.59 Å². The SMILES string of the molecule is COC(=O)NC(C)(C(=O)N1CCCC1c1ncc(-c2ccc(-c3ccc4cc(-c5cnc(C6CCCN6C(=O)C(NC(=O)O)C(C)C)[nH]5)ccc4c3)cc2)[nH]1)c1ccccc1. The normalized spacial score (nSPS) is 17.9. The lowest BCUT2D eigenvalue weighted by molar-refractivity contribution is -0.139. The first kappa shape index (κ1) is 40.8. The summed E-state index contributed by atoms with van der Waals surface area (Å²) in [6, 6.07) is 28.8. The number of nitrogens with zero attached hydrogens (tertiary/aromatic N) is 4. The predicted octanol–water partition coefficient (Wildman–Crippen LogP) is 8.18. The number of aromatic nitrogens is 4. The van der Waals surface area contributed by atoms with E-state index in [1.54, 1.807) is 29.1 Å². The van der Waals surface area contributed by atoms with E-state index >= 15 is 0 Å². The van der Waals surface area contributed by atoms with Gasteiger partial charge >= 0.3 is 12.2 Å². The minimum absolute atomic E-state index is 0.190. The predicted molar refractivity (Wildman–Crippen MR) is 231 cm³/mol. The highest BCUT2D eigenvalue weighted by Crippen LogP contribution is 2.37. The molecule has 0 bridgehead atoms. The van der Waals surface area contributed by atoms with Crippen molar-refractivity contribution in [1.29, 1.82) is 0 Å². The van der Waals surface area contributed by atoms with Crippen LogP contribution >= 0.6 is 0 Å². The summed E-state index contributed by atoms with van der Waals surface area (Å²) in [6.07, 6.45) is 4.80. The summed E-state index contributed by atoms with van der Waals surface area (Å²) < 4.78 is 4.89. The molecule has 2 saturated heterocycles. The Morgan fingerprint density at radius 2 is 1.30 bits per heavy atom. The number of hydrogen-bond donors (Lipinski definition) is 5. The van der Waals surface area contributed by atoms with Crippen molar-refractivity contribution in [3.63, 3.8) is 0 Å². The van der Waals surface area contributed by atoms with Gasteiger partial charge in [0.2, 0.25) is 5.91 Å². The van der Waals surface area contributed by atoms with E-state index in [0.717, 1.165) is 70.1 Å². The molecule has 4 amide bonds. The standard InChI is InChI=1S/C47H50N8O6/c1-28(2)40(52-45(58)59)43(56)54-22-8-12-38(54)41-49-27-37(51-41)34-21-20-32-24-31(18-19-33(32)25-34)29-14-16-30(17-15-29)36-26-48-42(50-36)39-13-9-23-55(39)44(57)47(3,53-46(60)61-4)35-10-6-5-7-11-35/h5-7,10-11,14-21,24-28,38-40,52H,8-9,12-13,22-23H2,1-4H3,(H,48,50)(H,49,51)(H,53,60)(H,58,59). The Morgan fingerprint density at radius 3 is 1.90 bits per heavy atom. The second-order valence-corrected chi connectivity index (χ2v) is 16.3. The number of ether oxygens (including phenoxy) is 1. The molecule has 2 aliphatic rings. The van der Waals surface area contributed by atoms with Gasteiger partial charge in [0.25, 0.3) is 5.91 Å². The molecule has 8 rings (SSSR count). The van der Waals surface area contributed by atoms with E-state index in [0.29, 0.717) is 30.3 Å².